The zero-order valence-corrected chi connectivity index (χ0v) is 22.0. The Hall–Kier alpha value is -6.00. The van der Waals surface area contributed by atoms with E-state index in [2.05, 4.69) is 15.0 Å². The standard InChI is InChI=1S/C34H12F6N4/c1-42-44-34-24-7-16(18-10-29(37)32(40)30(38)11-18)3-5-20(24)22-12-25-21(13-26(22)34)19-4-2-15(6-23(19)33(25)43-14-41)17-8-27(35)31(39)28(36)9-17/h2-13H. The summed E-state index contributed by atoms with van der Waals surface area (Å²) in [6.07, 6.45) is 1.80. The molecule has 7 rings (SSSR count). The van der Waals surface area contributed by atoms with E-state index in [0.29, 0.717) is 64.9 Å². The molecule has 0 saturated heterocycles. The van der Waals surface area contributed by atoms with E-state index >= 15 is 0 Å². The lowest BCUT2D eigenvalue weighted by Crippen LogP contribution is -1.99. The molecule has 7 aromatic carbocycles. The smallest absolute Gasteiger partial charge is 0.204 e. The SMILES string of the molecule is [C-]#[N+]N=c1c2cc(-c3cc(F)c(F)c(F)c3)ccc2c2cc3c(=NC#N)c4cc(-c5cc(F)c(F)c(F)c5)ccc4c3cc12. The first-order valence-corrected chi connectivity index (χ1v) is 12.9. The van der Waals surface area contributed by atoms with Crippen molar-refractivity contribution in [2.24, 2.45) is 10.1 Å². The second-order valence-corrected chi connectivity index (χ2v) is 10.1. The van der Waals surface area contributed by atoms with Gasteiger partial charge in [0.2, 0.25) is 6.19 Å². The van der Waals surface area contributed by atoms with Crippen molar-refractivity contribution in [3.05, 3.63) is 130 Å². The predicted molar refractivity (Wildman–Crippen MR) is 153 cm³/mol. The predicted octanol–water partition coefficient (Wildman–Crippen LogP) is 8.46. The van der Waals surface area contributed by atoms with Crippen molar-refractivity contribution in [1.29, 1.82) is 5.26 Å². The van der Waals surface area contributed by atoms with Crippen LogP contribution < -0.4 is 10.7 Å². The summed E-state index contributed by atoms with van der Waals surface area (Å²) >= 11 is 0. The molecular formula is C34H12F6N4. The van der Waals surface area contributed by atoms with E-state index in [1.165, 1.54) is 0 Å². The molecule has 0 atom stereocenters. The van der Waals surface area contributed by atoms with Gasteiger partial charge in [-0.1, -0.05) is 24.3 Å². The number of hydrogen-bond acceptors (Lipinski definition) is 3. The fourth-order valence-corrected chi connectivity index (χ4v) is 5.81. The van der Waals surface area contributed by atoms with Gasteiger partial charge in [0.1, 0.15) is 0 Å². The van der Waals surface area contributed by atoms with Crippen LogP contribution in [0.1, 0.15) is 0 Å². The summed E-state index contributed by atoms with van der Waals surface area (Å²) in [4.78, 5) is 7.26. The first-order valence-electron chi connectivity index (χ1n) is 12.9. The van der Waals surface area contributed by atoms with Gasteiger partial charge in [-0.3, -0.25) is 0 Å². The fourth-order valence-electron chi connectivity index (χ4n) is 5.81. The minimum Gasteiger partial charge on any atom is -0.204 e. The van der Waals surface area contributed by atoms with Crippen molar-refractivity contribution >= 4 is 43.1 Å². The topological polar surface area (TPSA) is 52.9 Å². The maximum Gasteiger partial charge on any atom is 0.206 e. The molecule has 7 aromatic rings. The van der Waals surface area contributed by atoms with E-state index in [1.54, 1.807) is 54.7 Å². The molecule has 0 aliphatic rings. The van der Waals surface area contributed by atoms with Crippen LogP contribution in [0.5, 0.6) is 0 Å². The summed E-state index contributed by atoms with van der Waals surface area (Å²) in [5.74, 6) is -8.51. The molecule has 0 aliphatic carbocycles. The molecule has 210 valence electrons. The molecule has 0 aromatic heterocycles. The minimum atomic E-state index is -1.58. The van der Waals surface area contributed by atoms with Gasteiger partial charge in [-0.15, -0.1) is 4.95 Å². The zero-order chi connectivity index (χ0) is 30.9. The van der Waals surface area contributed by atoms with Gasteiger partial charge in [0.05, 0.1) is 10.5 Å². The second-order valence-electron chi connectivity index (χ2n) is 10.1. The lowest BCUT2D eigenvalue weighted by molar-refractivity contribution is 0.447. The van der Waals surface area contributed by atoms with E-state index in [1.807, 2.05) is 0 Å². The van der Waals surface area contributed by atoms with Crippen LogP contribution in [-0.4, -0.2) is 0 Å². The molecule has 0 fully saturated rings. The van der Waals surface area contributed by atoms with Gasteiger partial charge in [0.15, 0.2) is 40.3 Å². The van der Waals surface area contributed by atoms with Crippen molar-refractivity contribution < 1.29 is 26.3 Å². The van der Waals surface area contributed by atoms with Crippen molar-refractivity contribution in [3.8, 4) is 28.4 Å². The Balaban J connectivity index is 1.52. The monoisotopic (exact) mass is 590 g/mol. The van der Waals surface area contributed by atoms with Crippen molar-refractivity contribution in [2.45, 2.75) is 0 Å². The van der Waals surface area contributed by atoms with Crippen LogP contribution in [0.4, 0.5) is 26.3 Å². The summed E-state index contributed by atoms with van der Waals surface area (Å²) in [5, 5.41) is 18.9. The summed E-state index contributed by atoms with van der Waals surface area (Å²) in [7, 11) is 0. The van der Waals surface area contributed by atoms with Gasteiger partial charge in [0.25, 0.3) is 0 Å². The highest BCUT2D eigenvalue weighted by Crippen LogP contribution is 2.36. The fraction of sp³-hybridized carbons (Fsp3) is 0. The lowest BCUT2D eigenvalue weighted by Gasteiger charge is -2.04. The molecule has 0 heterocycles. The van der Waals surface area contributed by atoms with Crippen LogP contribution in [0.25, 0.3) is 70.3 Å². The van der Waals surface area contributed by atoms with Gasteiger partial charge >= 0.3 is 0 Å². The molecule has 44 heavy (non-hydrogen) atoms. The Kier molecular flexibility index (Phi) is 5.98. The Morgan fingerprint density at radius 1 is 0.500 bits per heavy atom. The number of rotatable bonds is 2. The highest BCUT2D eigenvalue weighted by atomic mass is 19.2. The number of benzene rings is 5. The first kappa shape index (κ1) is 26.9. The number of fused-ring (bicyclic) bond motifs is 6. The molecule has 0 radical (unpaired) electrons. The van der Waals surface area contributed by atoms with Crippen LogP contribution in [0, 0.1) is 52.9 Å². The number of hydrogen-bond donors (Lipinski definition) is 0. The van der Waals surface area contributed by atoms with E-state index < -0.39 is 34.9 Å². The third-order valence-corrected chi connectivity index (χ3v) is 7.74. The van der Waals surface area contributed by atoms with E-state index in [-0.39, 0.29) is 11.1 Å². The van der Waals surface area contributed by atoms with Crippen molar-refractivity contribution in [2.75, 3.05) is 0 Å². The molecule has 4 nitrogen and oxygen atoms in total. The summed E-state index contributed by atoms with van der Waals surface area (Å²) in [6.45, 7) is 7.42. The van der Waals surface area contributed by atoms with Gasteiger partial charge in [0, 0.05) is 21.5 Å². The van der Waals surface area contributed by atoms with Crippen LogP contribution in [-0.2, 0) is 0 Å². The Morgan fingerprint density at radius 3 is 1.34 bits per heavy atom. The summed E-state index contributed by atoms with van der Waals surface area (Å²) < 4.78 is 83.1. The molecule has 0 bridgehead atoms. The Morgan fingerprint density at radius 2 is 0.909 bits per heavy atom. The van der Waals surface area contributed by atoms with Crippen LogP contribution in [0.15, 0.2) is 82.9 Å². The highest BCUT2D eigenvalue weighted by Gasteiger charge is 2.19. The van der Waals surface area contributed by atoms with Gasteiger partial charge < -0.3 is 0 Å². The molecule has 0 amide bonds. The van der Waals surface area contributed by atoms with Crippen molar-refractivity contribution in [3.63, 3.8) is 0 Å². The van der Waals surface area contributed by atoms with Gasteiger partial charge in [-0.05, 0) is 92.3 Å². The second kappa shape index (κ2) is 9.79. The number of nitriles is 1. The molecule has 0 unspecified atom stereocenters. The lowest BCUT2D eigenvalue weighted by atomic mass is 10.0. The maximum absolute atomic E-state index is 14.0. The zero-order valence-electron chi connectivity index (χ0n) is 22.0. The third kappa shape index (κ3) is 3.92. The van der Waals surface area contributed by atoms with Gasteiger partial charge in [-0.25, -0.2) is 26.3 Å². The molecule has 0 aliphatic heterocycles. The number of halogens is 6. The van der Waals surface area contributed by atoms with Gasteiger partial charge in [-0.2, -0.15) is 16.8 Å². The molecule has 10 heteroatoms. The quantitative estimate of drug-likeness (QED) is 0.0656. The van der Waals surface area contributed by atoms with Crippen LogP contribution >= 0.6 is 0 Å². The Bertz CT molecular complexity index is 2370. The first-order chi connectivity index (χ1) is 21.2. The average Bonchev–Trinajstić information content (AvgIpc) is 3.48. The maximum atomic E-state index is 14.0. The molecule has 0 spiro atoms. The third-order valence-electron chi connectivity index (χ3n) is 7.74. The highest BCUT2D eigenvalue weighted by molar-refractivity contribution is 6.21. The molecule has 0 N–H and O–H groups in total. The van der Waals surface area contributed by atoms with E-state index in [9.17, 15) is 31.6 Å². The summed E-state index contributed by atoms with van der Waals surface area (Å²) in [6, 6.07) is 16.9. The van der Waals surface area contributed by atoms with Crippen molar-refractivity contribution in [1.82, 2.24) is 0 Å². The summed E-state index contributed by atoms with van der Waals surface area (Å²) in [5.41, 5.74) is 0.933. The van der Waals surface area contributed by atoms with E-state index in [0.717, 1.165) is 24.3 Å². The van der Waals surface area contributed by atoms with Crippen LogP contribution in [0.2, 0.25) is 0 Å². The van der Waals surface area contributed by atoms with Crippen LogP contribution in [0.3, 0.4) is 0 Å². The average molecular weight is 590 g/mol. The molecule has 0 saturated carbocycles. The normalized spacial score (nSPS) is 12.5. The van der Waals surface area contributed by atoms with E-state index in [4.69, 9.17) is 6.57 Å². The molecular weight excluding hydrogens is 578 g/mol. The minimum absolute atomic E-state index is 0.0936. The Labute approximate surface area is 243 Å². The number of nitrogens with zero attached hydrogens (tertiary/aromatic N) is 4. The largest absolute Gasteiger partial charge is 0.206 e.